The van der Waals surface area contributed by atoms with Gasteiger partial charge in [0.25, 0.3) is 5.91 Å². The maximum absolute atomic E-state index is 12.1. The maximum Gasteiger partial charge on any atom is 0.258 e. The van der Waals surface area contributed by atoms with Gasteiger partial charge in [0.2, 0.25) is 10.0 Å². The highest BCUT2D eigenvalue weighted by molar-refractivity contribution is 7.88. The number of sulfonamides is 1. The molecule has 0 radical (unpaired) electrons. The van der Waals surface area contributed by atoms with Crippen LogP contribution in [0.5, 0.6) is 11.5 Å². The minimum atomic E-state index is -3.26. The molecule has 1 fully saturated rings. The Morgan fingerprint density at radius 2 is 2.20 bits per heavy atom. The Labute approximate surface area is 147 Å². The molecule has 1 saturated heterocycles. The first-order chi connectivity index (χ1) is 11.8. The molecule has 1 heterocycles. The molecular formula is C16H21N3O5S. The standard InChI is InChI=1S/C16H21N3O5S/c1-23-15-8-12(9-17)5-6-14(15)24-11-16(20)18-13-4-3-7-19(10-13)25(2,21)22/h5-6,8,13H,3-4,7,10-11H2,1-2H3,(H,18,20). The van der Waals surface area contributed by atoms with Crippen molar-refractivity contribution in [2.75, 3.05) is 33.1 Å². The lowest BCUT2D eigenvalue weighted by atomic mass is 10.1. The summed E-state index contributed by atoms with van der Waals surface area (Å²) in [7, 11) is -1.81. The van der Waals surface area contributed by atoms with Crippen molar-refractivity contribution in [1.82, 2.24) is 9.62 Å². The van der Waals surface area contributed by atoms with Gasteiger partial charge in [-0.15, -0.1) is 0 Å². The largest absolute Gasteiger partial charge is 0.493 e. The molecule has 1 atom stereocenters. The number of piperidine rings is 1. The van der Waals surface area contributed by atoms with Gasteiger partial charge >= 0.3 is 0 Å². The van der Waals surface area contributed by atoms with Gasteiger partial charge < -0.3 is 14.8 Å². The molecule has 1 aliphatic heterocycles. The fourth-order valence-electron chi connectivity index (χ4n) is 2.63. The molecule has 136 valence electrons. The third-order valence-electron chi connectivity index (χ3n) is 3.87. The summed E-state index contributed by atoms with van der Waals surface area (Å²) < 4.78 is 35.2. The van der Waals surface area contributed by atoms with E-state index in [0.717, 1.165) is 12.7 Å². The summed E-state index contributed by atoms with van der Waals surface area (Å²) in [6.07, 6.45) is 2.58. The van der Waals surface area contributed by atoms with Crippen LogP contribution >= 0.6 is 0 Å². The first kappa shape index (κ1) is 19.0. The van der Waals surface area contributed by atoms with Crippen molar-refractivity contribution in [3.05, 3.63) is 23.8 Å². The van der Waals surface area contributed by atoms with E-state index in [-0.39, 0.29) is 25.1 Å². The zero-order valence-electron chi connectivity index (χ0n) is 14.2. The highest BCUT2D eigenvalue weighted by Crippen LogP contribution is 2.27. The van der Waals surface area contributed by atoms with E-state index in [2.05, 4.69) is 5.32 Å². The SMILES string of the molecule is COc1cc(C#N)ccc1OCC(=O)NC1CCCN(S(C)(=O)=O)C1. The predicted molar refractivity (Wildman–Crippen MR) is 90.8 cm³/mol. The van der Waals surface area contributed by atoms with Crippen LogP contribution in [0.2, 0.25) is 0 Å². The monoisotopic (exact) mass is 367 g/mol. The van der Waals surface area contributed by atoms with Crippen LogP contribution in [0.3, 0.4) is 0 Å². The van der Waals surface area contributed by atoms with Gasteiger partial charge in [0.15, 0.2) is 18.1 Å². The van der Waals surface area contributed by atoms with Crippen LogP contribution in [0.15, 0.2) is 18.2 Å². The lowest BCUT2D eigenvalue weighted by Crippen LogP contribution is -2.50. The average Bonchev–Trinajstić information content (AvgIpc) is 2.59. The normalized spacial score (nSPS) is 18.2. The third kappa shape index (κ3) is 5.34. The molecule has 25 heavy (non-hydrogen) atoms. The Kier molecular flexibility index (Phi) is 6.22. The molecule has 1 aliphatic rings. The van der Waals surface area contributed by atoms with E-state index in [1.165, 1.54) is 17.5 Å². The summed E-state index contributed by atoms with van der Waals surface area (Å²) >= 11 is 0. The van der Waals surface area contributed by atoms with E-state index in [0.29, 0.717) is 30.0 Å². The second-order valence-corrected chi connectivity index (χ2v) is 7.78. The zero-order valence-corrected chi connectivity index (χ0v) is 15.0. The summed E-state index contributed by atoms with van der Waals surface area (Å²) in [6.45, 7) is 0.520. The second kappa shape index (κ2) is 8.18. The van der Waals surface area contributed by atoms with Crippen LogP contribution in [0.4, 0.5) is 0 Å². The molecule has 1 N–H and O–H groups in total. The van der Waals surface area contributed by atoms with Gasteiger partial charge in [-0.3, -0.25) is 4.79 Å². The van der Waals surface area contributed by atoms with Crippen LogP contribution in [-0.2, 0) is 14.8 Å². The van der Waals surface area contributed by atoms with Crippen LogP contribution in [0.1, 0.15) is 18.4 Å². The molecule has 0 aromatic heterocycles. The lowest BCUT2D eigenvalue weighted by Gasteiger charge is -2.31. The van der Waals surface area contributed by atoms with Gasteiger partial charge in [-0.1, -0.05) is 0 Å². The number of hydrogen-bond donors (Lipinski definition) is 1. The van der Waals surface area contributed by atoms with Gasteiger partial charge in [-0.25, -0.2) is 12.7 Å². The van der Waals surface area contributed by atoms with Crippen molar-refractivity contribution < 1.29 is 22.7 Å². The Morgan fingerprint density at radius 3 is 2.84 bits per heavy atom. The molecule has 0 saturated carbocycles. The number of methoxy groups -OCH3 is 1. The molecule has 0 spiro atoms. The third-order valence-corrected chi connectivity index (χ3v) is 5.14. The molecule has 8 nitrogen and oxygen atoms in total. The fraction of sp³-hybridized carbons (Fsp3) is 0.500. The molecule has 1 aromatic carbocycles. The summed E-state index contributed by atoms with van der Waals surface area (Å²) in [5.41, 5.74) is 0.428. The Hall–Kier alpha value is -2.31. The lowest BCUT2D eigenvalue weighted by molar-refractivity contribution is -0.124. The average molecular weight is 367 g/mol. The first-order valence-electron chi connectivity index (χ1n) is 7.79. The molecule has 1 unspecified atom stereocenters. The van der Waals surface area contributed by atoms with Gasteiger partial charge in [0.1, 0.15) is 0 Å². The van der Waals surface area contributed by atoms with Crippen molar-refractivity contribution in [2.45, 2.75) is 18.9 Å². The number of nitrogens with one attached hydrogen (secondary N) is 1. The molecule has 1 aromatic rings. The highest BCUT2D eigenvalue weighted by Gasteiger charge is 2.26. The second-order valence-electron chi connectivity index (χ2n) is 5.79. The Bertz CT molecular complexity index is 772. The summed E-state index contributed by atoms with van der Waals surface area (Å²) in [5, 5.41) is 11.7. The minimum absolute atomic E-state index is 0.225. The van der Waals surface area contributed by atoms with E-state index in [1.54, 1.807) is 12.1 Å². The van der Waals surface area contributed by atoms with E-state index < -0.39 is 10.0 Å². The topological polar surface area (TPSA) is 109 Å². The number of ether oxygens (including phenoxy) is 2. The number of nitriles is 1. The first-order valence-corrected chi connectivity index (χ1v) is 9.63. The number of rotatable bonds is 6. The van der Waals surface area contributed by atoms with E-state index in [9.17, 15) is 13.2 Å². The van der Waals surface area contributed by atoms with Gasteiger partial charge in [0, 0.05) is 25.2 Å². The van der Waals surface area contributed by atoms with E-state index in [4.69, 9.17) is 14.7 Å². The molecule has 0 bridgehead atoms. The molecular weight excluding hydrogens is 346 g/mol. The van der Waals surface area contributed by atoms with Crippen molar-refractivity contribution >= 4 is 15.9 Å². The molecule has 2 rings (SSSR count). The molecule has 1 amide bonds. The summed E-state index contributed by atoms with van der Waals surface area (Å²) in [6, 6.07) is 6.42. The smallest absolute Gasteiger partial charge is 0.258 e. The number of carbonyl (C=O) groups is 1. The van der Waals surface area contributed by atoms with Crippen LogP contribution in [0, 0.1) is 11.3 Å². The van der Waals surface area contributed by atoms with Gasteiger partial charge in [-0.05, 0) is 25.0 Å². The number of hydrogen-bond acceptors (Lipinski definition) is 6. The quantitative estimate of drug-likeness (QED) is 0.784. The van der Waals surface area contributed by atoms with Crippen molar-refractivity contribution in [3.63, 3.8) is 0 Å². The van der Waals surface area contributed by atoms with E-state index >= 15 is 0 Å². The van der Waals surface area contributed by atoms with Gasteiger partial charge in [-0.2, -0.15) is 5.26 Å². The number of amides is 1. The van der Waals surface area contributed by atoms with Crippen LogP contribution in [0.25, 0.3) is 0 Å². The van der Waals surface area contributed by atoms with E-state index in [1.807, 2.05) is 6.07 Å². The Morgan fingerprint density at radius 1 is 1.44 bits per heavy atom. The highest BCUT2D eigenvalue weighted by atomic mass is 32.2. The maximum atomic E-state index is 12.1. The van der Waals surface area contributed by atoms with Crippen LogP contribution in [-0.4, -0.2) is 57.7 Å². The number of nitrogens with zero attached hydrogens (tertiary/aromatic N) is 2. The van der Waals surface area contributed by atoms with Crippen molar-refractivity contribution in [2.24, 2.45) is 0 Å². The van der Waals surface area contributed by atoms with Crippen molar-refractivity contribution in [1.29, 1.82) is 5.26 Å². The zero-order chi connectivity index (χ0) is 18.4. The summed E-state index contributed by atoms with van der Waals surface area (Å²) in [4.78, 5) is 12.1. The number of benzene rings is 1. The predicted octanol–water partition coefficient (Wildman–Crippen LogP) is 0.486. The Balaban J connectivity index is 1.90. The number of carbonyl (C=O) groups excluding carboxylic acids is 1. The summed E-state index contributed by atoms with van der Waals surface area (Å²) in [5.74, 6) is 0.387. The minimum Gasteiger partial charge on any atom is -0.493 e. The van der Waals surface area contributed by atoms with Gasteiger partial charge in [0.05, 0.1) is 25.0 Å². The van der Waals surface area contributed by atoms with Crippen LogP contribution < -0.4 is 14.8 Å². The molecule has 9 heteroatoms. The fourth-order valence-corrected chi connectivity index (χ4v) is 3.54. The van der Waals surface area contributed by atoms with Crippen molar-refractivity contribution in [3.8, 4) is 17.6 Å². The molecule has 0 aliphatic carbocycles.